The first kappa shape index (κ1) is 44.4. The number of phenolic OH excluding ortho intramolecular Hbond substituents is 2. The predicted octanol–water partition coefficient (Wildman–Crippen LogP) is 16.4. The van der Waals surface area contributed by atoms with Crippen molar-refractivity contribution in [2.24, 2.45) is 0 Å². The number of benzene rings is 5. The molecule has 0 saturated heterocycles. The molecular weight excluding hydrogens is 713 g/mol. The summed E-state index contributed by atoms with van der Waals surface area (Å²) in [6, 6.07) is 36.4. The molecule has 0 aliphatic heterocycles. The predicted molar refractivity (Wildman–Crippen MR) is 246 cm³/mol. The molecule has 2 N–H and O–H groups in total. The Balaban J connectivity index is 1.34. The van der Waals surface area contributed by atoms with Crippen molar-refractivity contribution < 1.29 is 19.7 Å². The molecule has 0 aliphatic rings. The number of phenols is 2. The lowest BCUT2D eigenvalue weighted by Crippen LogP contribution is -2.03. The first-order valence-electron chi connectivity index (χ1n) is 22.8. The van der Waals surface area contributed by atoms with E-state index in [1.807, 2.05) is 24.3 Å². The molecule has 4 heteroatoms. The molecule has 0 aromatic heterocycles. The molecule has 0 radical (unpaired) electrons. The van der Waals surface area contributed by atoms with Crippen molar-refractivity contribution in [3.8, 4) is 67.5 Å². The van der Waals surface area contributed by atoms with Crippen LogP contribution >= 0.6 is 0 Å². The van der Waals surface area contributed by atoms with Crippen LogP contribution in [0.15, 0.2) is 109 Å². The molecule has 0 saturated carbocycles. The van der Waals surface area contributed by atoms with E-state index in [0.29, 0.717) is 13.2 Å². The topological polar surface area (TPSA) is 58.9 Å². The largest absolute Gasteiger partial charge is 0.508 e. The normalized spacial score (nSPS) is 11.2. The van der Waals surface area contributed by atoms with Crippen LogP contribution in [0.4, 0.5) is 0 Å². The molecule has 0 fully saturated rings. The van der Waals surface area contributed by atoms with Crippen molar-refractivity contribution in [2.75, 3.05) is 13.2 Å². The zero-order valence-electron chi connectivity index (χ0n) is 35.7. The van der Waals surface area contributed by atoms with Crippen molar-refractivity contribution in [1.29, 1.82) is 0 Å². The molecule has 5 aromatic carbocycles. The standard InChI is InChI=1S/C54H70O4/c1-3-5-7-9-11-13-15-17-19-21-39-57-53-41-52(48-29-25-44(26-30-48)46-33-37-50(56)38-34-46)54(58-40-22-20-18-16-14-12-10-8-6-4-2)42-51(53)47-27-23-43(24-28-47)45-31-35-49(55)36-32-45/h23-38,41-42,55-56H,3-22,39-40H2,1-2H3. The maximum atomic E-state index is 9.84. The Morgan fingerprint density at radius 1 is 0.310 bits per heavy atom. The zero-order chi connectivity index (χ0) is 40.6. The summed E-state index contributed by atoms with van der Waals surface area (Å²) in [4.78, 5) is 0. The maximum Gasteiger partial charge on any atom is 0.128 e. The first-order valence-corrected chi connectivity index (χ1v) is 22.8. The lowest BCUT2D eigenvalue weighted by atomic mass is 9.95. The van der Waals surface area contributed by atoms with E-state index in [0.717, 1.165) is 68.8 Å². The third-order valence-electron chi connectivity index (χ3n) is 11.4. The Morgan fingerprint density at radius 2 is 0.552 bits per heavy atom. The first-order chi connectivity index (χ1) is 28.6. The van der Waals surface area contributed by atoms with E-state index in [2.05, 4.69) is 74.5 Å². The number of hydrogen-bond donors (Lipinski definition) is 2. The van der Waals surface area contributed by atoms with Crippen LogP contribution in [0.25, 0.3) is 44.5 Å². The summed E-state index contributed by atoms with van der Waals surface area (Å²) >= 11 is 0. The van der Waals surface area contributed by atoms with Gasteiger partial charge in [0.25, 0.3) is 0 Å². The summed E-state index contributed by atoms with van der Waals surface area (Å²) in [6.45, 7) is 5.90. The second-order valence-corrected chi connectivity index (χ2v) is 16.2. The quantitative estimate of drug-likeness (QED) is 0.0496. The number of hydrogen-bond acceptors (Lipinski definition) is 4. The second kappa shape index (κ2) is 25.6. The highest BCUT2D eigenvalue weighted by Gasteiger charge is 2.17. The van der Waals surface area contributed by atoms with Gasteiger partial charge in [0.05, 0.1) is 13.2 Å². The summed E-state index contributed by atoms with van der Waals surface area (Å²) in [5, 5.41) is 19.7. The average Bonchev–Trinajstić information content (AvgIpc) is 3.25. The Labute approximate surface area is 350 Å². The highest BCUT2D eigenvalue weighted by atomic mass is 16.5. The van der Waals surface area contributed by atoms with Gasteiger partial charge in [-0.2, -0.15) is 0 Å². The minimum Gasteiger partial charge on any atom is -0.508 e. The molecule has 0 aliphatic carbocycles. The zero-order valence-corrected chi connectivity index (χ0v) is 35.7. The van der Waals surface area contributed by atoms with Crippen molar-refractivity contribution in [3.05, 3.63) is 109 Å². The van der Waals surface area contributed by atoms with E-state index in [9.17, 15) is 10.2 Å². The van der Waals surface area contributed by atoms with Gasteiger partial charge in [0.2, 0.25) is 0 Å². The smallest absolute Gasteiger partial charge is 0.128 e. The summed E-state index contributed by atoms with van der Waals surface area (Å²) in [6.07, 6.45) is 25.8. The Hall–Kier alpha value is -4.70. The minimum atomic E-state index is 0.269. The van der Waals surface area contributed by atoms with E-state index in [1.165, 1.54) is 116 Å². The van der Waals surface area contributed by atoms with Crippen LogP contribution in [0.3, 0.4) is 0 Å². The lowest BCUT2D eigenvalue weighted by molar-refractivity contribution is 0.298. The van der Waals surface area contributed by atoms with Gasteiger partial charge in [0.15, 0.2) is 0 Å². The maximum absolute atomic E-state index is 9.84. The summed E-state index contributed by atoms with van der Waals surface area (Å²) < 4.78 is 13.4. The van der Waals surface area contributed by atoms with Gasteiger partial charge in [0, 0.05) is 11.1 Å². The Kier molecular flexibility index (Phi) is 19.6. The molecular formula is C54H70O4. The van der Waals surface area contributed by atoms with Crippen molar-refractivity contribution >= 4 is 0 Å². The Morgan fingerprint density at radius 3 is 0.845 bits per heavy atom. The van der Waals surface area contributed by atoms with Crippen LogP contribution in [0.5, 0.6) is 23.0 Å². The van der Waals surface area contributed by atoms with Gasteiger partial charge in [0.1, 0.15) is 23.0 Å². The number of rotatable bonds is 28. The molecule has 5 aromatic rings. The second-order valence-electron chi connectivity index (χ2n) is 16.2. The highest BCUT2D eigenvalue weighted by Crippen LogP contribution is 2.42. The van der Waals surface area contributed by atoms with Gasteiger partial charge in [-0.25, -0.2) is 0 Å². The van der Waals surface area contributed by atoms with Crippen LogP contribution in [-0.4, -0.2) is 23.4 Å². The third kappa shape index (κ3) is 14.9. The molecule has 0 heterocycles. The van der Waals surface area contributed by atoms with Gasteiger partial charge < -0.3 is 19.7 Å². The molecule has 4 nitrogen and oxygen atoms in total. The van der Waals surface area contributed by atoms with Gasteiger partial charge in [-0.05, 0) is 82.6 Å². The van der Waals surface area contributed by atoms with Crippen molar-refractivity contribution in [2.45, 2.75) is 142 Å². The average molecular weight is 783 g/mol. The fraction of sp³-hybridized carbons (Fsp3) is 0.444. The van der Waals surface area contributed by atoms with Crippen molar-refractivity contribution in [3.63, 3.8) is 0 Å². The number of aromatic hydroxyl groups is 2. The molecule has 0 atom stereocenters. The van der Waals surface area contributed by atoms with Crippen LogP contribution in [0.2, 0.25) is 0 Å². The SMILES string of the molecule is CCCCCCCCCCCCOc1cc(-c2ccc(-c3ccc(O)cc3)cc2)c(OCCCCCCCCCCCC)cc1-c1ccc(-c2ccc(O)cc2)cc1. The molecule has 0 bridgehead atoms. The highest BCUT2D eigenvalue weighted by molar-refractivity contribution is 5.83. The molecule has 0 amide bonds. The summed E-state index contributed by atoms with van der Waals surface area (Å²) in [5.41, 5.74) is 8.55. The van der Waals surface area contributed by atoms with Crippen LogP contribution in [0.1, 0.15) is 142 Å². The molecule has 0 unspecified atom stereocenters. The summed E-state index contributed by atoms with van der Waals surface area (Å²) in [5.74, 6) is 2.28. The summed E-state index contributed by atoms with van der Waals surface area (Å²) in [7, 11) is 0. The van der Waals surface area contributed by atoms with E-state index >= 15 is 0 Å². The molecule has 0 spiro atoms. The van der Waals surface area contributed by atoms with Gasteiger partial charge in [-0.1, -0.05) is 202 Å². The number of unbranched alkanes of at least 4 members (excludes halogenated alkanes) is 18. The molecule has 58 heavy (non-hydrogen) atoms. The third-order valence-corrected chi connectivity index (χ3v) is 11.4. The fourth-order valence-electron chi connectivity index (χ4n) is 7.79. The molecule has 5 rings (SSSR count). The molecule has 310 valence electrons. The van der Waals surface area contributed by atoms with Gasteiger partial charge in [-0.15, -0.1) is 0 Å². The van der Waals surface area contributed by atoms with Crippen LogP contribution in [0, 0.1) is 0 Å². The Bertz CT molecular complexity index is 1700. The van der Waals surface area contributed by atoms with Crippen molar-refractivity contribution in [1.82, 2.24) is 0 Å². The van der Waals surface area contributed by atoms with Crippen LogP contribution in [-0.2, 0) is 0 Å². The monoisotopic (exact) mass is 783 g/mol. The fourth-order valence-corrected chi connectivity index (χ4v) is 7.79. The van der Waals surface area contributed by atoms with E-state index in [4.69, 9.17) is 9.47 Å². The van der Waals surface area contributed by atoms with Gasteiger partial charge >= 0.3 is 0 Å². The van der Waals surface area contributed by atoms with Gasteiger partial charge in [-0.3, -0.25) is 0 Å². The minimum absolute atomic E-state index is 0.269. The van der Waals surface area contributed by atoms with E-state index in [-0.39, 0.29) is 11.5 Å². The lowest BCUT2D eigenvalue weighted by Gasteiger charge is -2.19. The van der Waals surface area contributed by atoms with E-state index < -0.39 is 0 Å². The van der Waals surface area contributed by atoms with E-state index in [1.54, 1.807) is 24.3 Å². The van der Waals surface area contributed by atoms with Crippen LogP contribution < -0.4 is 9.47 Å². The number of ether oxygens (including phenoxy) is 2.